The zero-order valence-corrected chi connectivity index (χ0v) is 13.4. The molecule has 2 atom stereocenters. The highest BCUT2D eigenvalue weighted by Gasteiger charge is 2.16. The topological polar surface area (TPSA) is 21.3 Å². The lowest BCUT2D eigenvalue weighted by Gasteiger charge is -2.25. The van der Waals surface area contributed by atoms with Crippen molar-refractivity contribution in [2.45, 2.75) is 32.7 Å². The van der Waals surface area contributed by atoms with E-state index in [1.807, 2.05) is 0 Å². The van der Waals surface area contributed by atoms with Crippen LogP contribution in [0.2, 0.25) is 0 Å². The second-order valence-corrected chi connectivity index (χ2v) is 5.81. The van der Waals surface area contributed by atoms with E-state index in [9.17, 15) is 0 Å². The largest absolute Gasteiger partial charge is 0.385 e. The van der Waals surface area contributed by atoms with Gasteiger partial charge in [0.05, 0.1) is 0 Å². The molecule has 0 amide bonds. The van der Waals surface area contributed by atoms with Gasteiger partial charge in [-0.05, 0) is 41.6 Å². The first kappa shape index (κ1) is 16.0. The Hall–Kier alpha value is -1.38. The lowest BCUT2D eigenvalue weighted by atomic mass is 9.91. The molecule has 2 nitrogen and oxygen atoms in total. The Labute approximate surface area is 128 Å². The van der Waals surface area contributed by atoms with Gasteiger partial charge in [0.1, 0.15) is 0 Å². The Kier molecular flexibility index (Phi) is 6.21. The average molecular weight is 285 g/mol. The second kappa shape index (κ2) is 8.16. The maximum Gasteiger partial charge on any atom is 0.0465 e. The molecule has 0 bridgehead atoms. The zero-order chi connectivity index (χ0) is 15.1. The summed E-state index contributed by atoms with van der Waals surface area (Å²) in [6.45, 7) is 6.33. The number of likely N-dealkylation sites (N-methyl/N-ethyl adjacent to an activating group) is 1. The van der Waals surface area contributed by atoms with E-state index in [2.05, 4.69) is 61.6 Å². The van der Waals surface area contributed by atoms with Crippen molar-refractivity contribution in [2.75, 3.05) is 20.3 Å². The molecule has 1 N–H and O–H groups in total. The van der Waals surface area contributed by atoms with Gasteiger partial charge < -0.3 is 10.1 Å². The predicted molar refractivity (Wildman–Crippen MR) is 90.8 cm³/mol. The SMILES string of the molecule is CCNC(Cc1ccc2ccccc2c1)C(C)CCOC. The lowest BCUT2D eigenvalue weighted by molar-refractivity contribution is 0.170. The quantitative estimate of drug-likeness (QED) is 0.790. The van der Waals surface area contributed by atoms with Crippen molar-refractivity contribution in [3.63, 3.8) is 0 Å². The van der Waals surface area contributed by atoms with Gasteiger partial charge in [0.25, 0.3) is 0 Å². The summed E-state index contributed by atoms with van der Waals surface area (Å²) >= 11 is 0. The van der Waals surface area contributed by atoms with E-state index in [-0.39, 0.29) is 0 Å². The minimum atomic E-state index is 0.506. The fourth-order valence-corrected chi connectivity index (χ4v) is 2.86. The molecule has 0 aliphatic heterocycles. The molecule has 0 aliphatic rings. The number of rotatable bonds is 8. The standard InChI is InChI=1S/C19H27NO/c1-4-20-19(15(2)11-12-21-3)14-16-9-10-17-7-5-6-8-18(17)13-16/h5-10,13,15,19-20H,4,11-12,14H2,1-3H3. The van der Waals surface area contributed by atoms with Crippen molar-refractivity contribution in [1.82, 2.24) is 5.32 Å². The fourth-order valence-electron chi connectivity index (χ4n) is 2.86. The molecule has 0 fully saturated rings. The van der Waals surface area contributed by atoms with Crippen LogP contribution in [-0.4, -0.2) is 26.3 Å². The smallest absolute Gasteiger partial charge is 0.0465 e. The van der Waals surface area contributed by atoms with Crippen molar-refractivity contribution >= 4 is 10.8 Å². The van der Waals surface area contributed by atoms with Crippen LogP contribution in [0.4, 0.5) is 0 Å². The molecule has 114 valence electrons. The normalized spacial score (nSPS) is 14.2. The minimum Gasteiger partial charge on any atom is -0.385 e. The molecule has 21 heavy (non-hydrogen) atoms. The van der Waals surface area contributed by atoms with Crippen molar-refractivity contribution < 1.29 is 4.74 Å². The predicted octanol–water partition coefficient (Wildman–Crippen LogP) is 4.03. The van der Waals surface area contributed by atoms with Crippen molar-refractivity contribution in [3.05, 3.63) is 48.0 Å². The highest BCUT2D eigenvalue weighted by atomic mass is 16.5. The van der Waals surface area contributed by atoms with Crippen LogP contribution in [0.3, 0.4) is 0 Å². The first-order chi connectivity index (χ1) is 10.2. The van der Waals surface area contributed by atoms with Gasteiger partial charge in [0.2, 0.25) is 0 Å². The molecule has 0 spiro atoms. The van der Waals surface area contributed by atoms with Crippen LogP contribution in [0.1, 0.15) is 25.8 Å². The number of methoxy groups -OCH3 is 1. The molecule has 2 rings (SSSR count). The van der Waals surface area contributed by atoms with Gasteiger partial charge in [0.15, 0.2) is 0 Å². The molecule has 2 aromatic rings. The highest BCUT2D eigenvalue weighted by Crippen LogP contribution is 2.19. The summed E-state index contributed by atoms with van der Waals surface area (Å²) < 4.78 is 5.22. The van der Waals surface area contributed by atoms with Gasteiger partial charge in [-0.15, -0.1) is 0 Å². The number of hydrogen-bond acceptors (Lipinski definition) is 2. The van der Waals surface area contributed by atoms with Gasteiger partial charge in [-0.2, -0.15) is 0 Å². The molecule has 0 aromatic heterocycles. The number of hydrogen-bond donors (Lipinski definition) is 1. The fraction of sp³-hybridized carbons (Fsp3) is 0.474. The number of benzene rings is 2. The third-order valence-electron chi connectivity index (χ3n) is 4.20. The van der Waals surface area contributed by atoms with Crippen LogP contribution >= 0.6 is 0 Å². The van der Waals surface area contributed by atoms with Gasteiger partial charge in [-0.1, -0.05) is 56.3 Å². The van der Waals surface area contributed by atoms with E-state index in [1.54, 1.807) is 7.11 Å². The van der Waals surface area contributed by atoms with Crippen LogP contribution in [0, 0.1) is 5.92 Å². The summed E-state index contributed by atoms with van der Waals surface area (Å²) in [5, 5.41) is 6.27. The van der Waals surface area contributed by atoms with E-state index in [1.165, 1.54) is 16.3 Å². The third-order valence-corrected chi connectivity index (χ3v) is 4.20. The third kappa shape index (κ3) is 4.55. The number of ether oxygens (including phenoxy) is 1. The van der Waals surface area contributed by atoms with Gasteiger partial charge >= 0.3 is 0 Å². The van der Waals surface area contributed by atoms with Crippen LogP contribution in [0.5, 0.6) is 0 Å². The average Bonchev–Trinajstić information content (AvgIpc) is 2.52. The van der Waals surface area contributed by atoms with Crippen molar-refractivity contribution in [1.29, 1.82) is 0 Å². The van der Waals surface area contributed by atoms with E-state index in [4.69, 9.17) is 4.74 Å². The van der Waals surface area contributed by atoms with Crippen LogP contribution < -0.4 is 5.32 Å². The molecule has 0 radical (unpaired) electrons. The zero-order valence-electron chi connectivity index (χ0n) is 13.4. The number of fused-ring (bicyclic) bond motifs is 1. The summed E-state index contributed by atoms with van der Waals surface area (Å²) in [5.74, 6) is 0.608. The summed E-state index contributed by atoms with van der Waals surface area (Å²) in [6, 6.07) is 15.9. The molecule has 2 aromatic carbocycles. The Bertz CT molecular complexity index is 552. The molecular formula is C19H27NO. The summed E-state index contributed by atoms with van der Waals surface area (Å²) in [5.41, 5.74) is 1.41. The van der Waals surface area contributed by atoms with Crippen LogP contribution in [-0.2, 0) is 11.2 Å². The maximum atomic E-state index is 5.22. The minimum absolute atomic E-state index is 0.506. The van der Waals surface area contributed by atoms with E-state index in [0.29, 0.717) is 12.0 Å². The van der Waals surface area contributed by atoms with E-state index in [0.717, 1.165) is 26.0 Å². The summed E-state index contributed by atoms with van der Waals surface area (Å²) in [4.78, 5) is 0. The molecule has 0 saturated carbocycles. The Morgan fingerprint density at radius 3 is 2.57 bits per heavy atom. The second-order valence-electron chi connectivity index (χ2n) is 5.81. The van der Waals surface area contributed by atoms with Crippen LogP contribution in [0.15, 0.2) is 42.5 Å². The first-order valence-corrected chi connectivity index (χ1v) is 7.94. The van der Waals surface area contributed by atoms with E-state index >= 15 is 0 Å². The Morgan fingerprint density at radius 2 is 1.86 bits per heavy atom. The van der Waals surface area contributed by atoms with Gasteiger partial charge in [0, 0.05) is 19.8 Å². The van der Waals surface area contributed by atoms with Crippen LogP contribution in [0.25, 0.3) is 10.8 Å². The summed E-state index contributed by atoms with van der Waals surface area (Å²) in [7, 11) is 1.78. The molecule has 0 aliphatic carbocycles. The van der Waals surface area contributed by atoms with Gasteiger partial charge in [-0.25, -0.2) is 0 Å². The molecule has 2 unspecified atom stereocenters. The molecular weight excluding hydrogens is 258 g/mol. The maximum absolute atomic E-state index is 5.22. The molecule has 0 heterocycles. The highest BCUT2D eigenvalue weighted by molar-refractivity contribution is 5.82. The lowest BCUT2D eigenvalue weighted by Crippen LogP contribution is -2.37. The first-order valence-electron chi connectivity index (χ1n) is 7.94. The Morgan fingerprint density at radius 1 is 1.10 bits per heavy atom. The van der Waals surface area contributed by atoms with Crippen molar-refractivity contribution in [3.8, 4) is 0 Å². The summed E-state index contributed by atoms with van der Waals surface area (Å²) in [6.07, 6.45) is 2.17. The number of nitrogens with one attached hydrogen (secondary N) is 1. The molecule has 0 saturated heterocycles. The van der Waals surface area contributed by atoms with Crippen molar-refractivity contribution in [2.24, 2.45) is 5.92 Å². The molecule has 2 heteroatoms. The van der Waals surface area contributed by atoms with Gasteiger partial charge in [-0.3, -0.25) is 0 Å². The Balaban J connectivity index is 2.10. The monoisotopic (exact) mass is 285 g/mol. The van der Waals surface area contributed by atoms with E-state index < -0.39 is 0 Å².